The Balaban J connectivity index is 2.22. The van der Waals surface area contributed by atoms with Gasteiger partial charge in [0.05, 0.1) is 12.3 Å². The summed E-state index contributed by atoms with van der Waals surface area (Å²) in [4.78, 5) is 20.8. The molecule has 1 fully saturated rings. The zero-order chi connectivity index (χ0) is 12.9. The molecule has 6 nitrogen and oxygen atoms in total. The average Bonchev–Trinajstić information content (AvgIpc) is 2.58. The van der Waals surface area contributed by atoms with Crippen molar-refractivity contribution in [3.05, 3.63) is 16.7 Å². The molecule has 1 N–H and O–H groups in total. The van der Waals surface area contributed by atoms with Gasteiger partial charge in [0.1, 0.15) is 5.52 Å². The number of rotatable bonds is 2. The van der Waals surface area contributed by atoms with Gasteiger partial charge in [-0.3, -0.25) is 9.13 Å². The SMILES string of the molecule is CSc1ncc2c(n1)n(C1CC(O)C1)c(=O)n2C. The molecule has 0 aliphatic heterocycles. The van der Waals surface area contributed by atoms with E-state index in [1.165, 1.54) is 11.8 Å². The Kier molecular flexibility index (Phi) is 2.67. The molecular weight excluding hydrogens is 252 g/mol. The van der Waals surface area contributed by atoms with E-state index >= 15 is 0 Å². The third-order valence-electron chi connectivity index (χ3n) is 3.45. The molecule has 0 aromatic carbocycles. The predicted octanol–water partition coefficient (Wildman–Crippen LogP) is 0.548. The van der Waals surface area contributed by atoms with E-state index in [0.29, 0.717) is 23.6 Å². The van der Waals surface area contributed by atoms with Crippen LogP contribution >= 0.6 is 11.8 Å². The van der Waals surface area contributed by atoms with Gasteiger partial charge in [-0.2, -0.15) is 0 Å². The van der Waals surface area contributed by atoms with Crippen LogP contribution in [0.25, 0.3) is 11.2 Å². The van der Waals surface area contributed by atoms with Crippen molar-refractivity contribution < 1.29 is 5.11 Å². The van der Waals surface area contributed by atoms with E-state index in [9.17, 15) is 9.90 Å². The van der Waals surface area contributed by atoms with E-state index in [0.717, 1.165) is 5.52 Å². The second kappa shape index (κ2) is 4.10. The minimum Gasteiger partial charge on any atom is -0.393 e. The molecule has 1 aliphatic rings. The Labute approximate surface area is 108 Å². The van der Waals surface area contributed by atoms with E-state index < -0.39 is 0 Å². The van der Waals surface area contributed by atoms with Crippen molar-refractivity contribution in [1.29, 1.82) is 0 Å². The first-order valence-electron chi connectivity index (χ1n) is 5.78. The van der Waals surface area contributed by atoms with Crippen molar-refractivity contribution in [3.8, 4) is 0 Å². The molecule has 3 rings (SSSR count). The molecule has 1 aliphatic carbocycles. The van der Waals surface area contributed by atoms with Crippen LogP contribution in [0.15, 0.2) is 16.1 Å². The first-order valence-corrected chi connectivity index (χ1v) is 7.00. The highest BCUT2D eigenvalue weighted by atomic mass is 32.2. The normalized spacial score (nSPS) is 23.3. The molecule has 0 unspecified atom stereocenters. The zero-order valence-corrected chi connectivity index (χ0v) is 11.0. The van der Waals surface area contributed by atoms with Crippen LogP contribution in [0.2, 0.25) is 0 Å². The molecule has 0 atom stereocenters. The van der Waals surface area contributed by atoms with E-state index in [1.807, 2.05) is 6.26 Å². The molecule has 0 spiro atoms. The van der Waals surface area contributed by atoms with Crippen LogP contribution in [0.1, 0.15) is 18.9 Å². The number of aryl methyl sites for hydroxylation is 1. The Morgan fingerprint density at radius 2 is 2.22 bits per heavy atom. The lowest BCUT2D eigenvalue weighted by atomic mass is 9.89. The van der Waals surface area contributed by atoms with Crippen LogP contribution < -0.4 is 5.69 Å². The Bertz CT molecular complexity index is 657. The Morgan fingerprint density at radius 1 is 1.50 bits per heavy atom. The summed E-state index contributed by atoms with van der Waals surface area (Å²) in [5.74, 6) is 0. The maximum atomic E-state index is 12.2. The lowest BCUT2D eigenvalue weighted by Crippen LogP contribution is -2.37. The summed E-state index contributed by atoms with van der Waals surface area (Å²) < 4.78 is 3.24. The van der Waals surface area contributed by atoms with E-state index in [1.54, 1.807) is 22.4 Å². The van der Waals surface area contributed by atoms with Gasteiger partial charge < -0.3 is 5.11 Å². The lowest BCUT2D eigenvalue weighted by molar-refractivity contribution is 0.0484. The van der Waals surface area contributed by atoms with Crippen molar-refractivity contribution >= 4 is 22.9 Å². The van der Waals surface area contributed by atoms with Gasteiger partial charge in [-0.25, -0.2) is 14.8 Å². The number of thioether (sulfide) groups is 1. The highest BCUT2D eigenvalue weighted by molar-refractivity contribution is 7.98. The number of hydrogen-bond donors (Lipinski definition) is 1. The molecular formula is C11H14N4O2S. The van der Waals surface area contributed by atoms with Crippen molar-refractivity contribution in [1.82, 2.24) is 19.1 Å². The van der Waals surface area contributed by atoms with Crippen LogP contribution in [0.5, 0.6) is 0 Å². The standard InChI is InChI=1S/C11H14N4O2S/c1-14-8-5-12-10(18-2)13-9(8)15(11(14)17)6-3-7(16)4-6/h5-7,16H,3-4H2,1-2H3. The van der Waals surface area contributed by atoms with Gasteiger partial charge >= 0.3 is 5.69 Å². The van der Waals surface area contributed by atoms with Gasteiger partial charge in [0.25, 0.3) is 0 Å². The molecule has 0 bridgehead atoms. The number of fused-ring (bicyclic) bond motifs is 1. The molecule has 2 aromatic rings. The number of aliphatic hydroxyl groups excluding tert-OH is 1. The fourth-order valence-corrected chi connectivity index (χ4v) is 2.65. The van der Waals surface area contributed by atoms with E-state index in [-0.39, 0.29) is 17.8 Å². The van der Waals surface area contributed by atoms with E-state index in [4.69, 9.17) is 0 Å². The minimum atomic E-state index is -0.293. The van der Waals surface area contributed by atoms with E-state index in [2.05, 4.69) is 9.97 Å². The number of nitrogens with zero attached hydrogens (tertiary/aromatic N) is 4. The van der Waals surface area contributed by atoms with Gasteiger partial charge in [0.15, 0.2) is 10.8 Å². The summed E-state index contributed by atoms with van der Waals surface area (Å²) in [7, 11) is 1.72. The van der Waals surface area contributed by atoms with Crippen LogP contribution in [-0.4, -0.2) is 36.6 Å². The maximum absolute atomic E-state index is 12.2. The molecule has 0 amide bonds. The van der Waals surface area contributed by atoms with Crippen LogP contribution in [0.4, 0.5) is 0 Å². The fourth-order valence-electron chi connectivity index (χ4n) is 2.32. The smallest absolute Gasteiger partial charge is 0.330 e. The van der Waals surface area contributed by atoms with Crippen molar-refractivity contribution in [3.63, 3.8) is 0 Å². The lowest BCUT2D eigenvalue weighted by Gasteiger charge is -2.31. The van der Waals surface area contributed by atoms with Gasteiger partial charge in [-0.1, -0.05) is 11.8 Å². The fraction of sp³-hybridized carbons (Fsp3) is 0.545. The summed E-state index contributed by atoms with van der Waals surface area (Å²) in [6, 6.07) is 0.0563. The second-order valence-corrected chi connectivity index (χ2v) is 5.33. The predicted molar refractivity (Wildman–Crippen MR) is 68.8 cm³/mol. The monoisotopic (exact) mass is 266 g/mol. The van der Waals surface area contributed by atoms with Crippen LogP contribution in [0.3, 0.4) is 0 Å². The topological polar surface area (TPSA) is 72.9 Å². The highest BCUT2D eigenvalue weighted by Gasteiger charge is 2.32. The Hall–Kier alpha value is -1.34. The molecule has 1 saturated carbocycles. The third-order valence-corrected chi connectivity index (χ3v) is 4.01. The largest absolute Gasteiger partial charge is 0.393 e. The zero-order valence-electron chi connectivity index (χ0n) is 10.2. The molecule has 2 heterocycles. The second-order valence-electron chi connectivity index (χ2n) is 4.56. The summed E-state index contributed by atoms with van der Waals surface area (Å²) in [5.41, 5.74) is 1.31. The van der Waals surface area contributed by atoms with Gasteiger partial charge in [0.2, 0.25) is 0 Å². The van der Waals surface area contributed by atoms with Crippen LogP contribution in [-0.2, 0) is 7.05 Å². The summed E-state index contributed by atoms with van der Waals surface area (Å²) >= 11 is 1.45. The third kappa shape index (κ3) is 1.58. The summed E-state index contributed by atoms with van der Waals surface area (Å²) in [6.45, 7) is 0. The first-order chi connectivity index (χ1) is 8.61. The summed E-state index contributed by atoms with van der Waals surface area (Å²) in [5, 5.41) is 10.0. The molecule has 18 heavy (non-hydrogen) atoms. The molecule has 0 saturated heterocycles. The molecule has 2 aromatic heterocycles. The van der Waals surface area contributed by atoms with Crippen LogP contribution in [0, 0.1) is 0 Å². The van der Waals surface area contributed by atoms with Crippen molar-refractivity contribution in [2.45, 2.75) is 30.1 Å². The van der Waals surface area contributed by atoms with Crippen molar-refractivity contribution in [2.24, 2.45) is 7.05 Å². The van der Waals surface area contributed by atoms with Gasteiger partial charge in [0, 0.05) is 13.1 Å². The van der Waals surface area contributed by atoms with Gasteiger partial charge in [-0.15, -0.1) is 0 Å². The van der Waals surface area contributed by atoms with Crippen molar-refractivity contribution in [2.75, 3.05) is 6.26 Å². The number of aromatic nitrogens is 4. The number of hydrogen-bond acceptors (Lipinski definition) is 5. The molecule has 0 radical (unpaired) electrons. The van der Waals surface area contributed by atoms with Gasteiger partial charge in [-0.05, 0) is 19.1 Å². The first kappa shape index (κ1) is 11.7. The minimum absolute atomic E-state index is 0.0563. The average molecular weight is 266 g/mol. The number of aliphatic hydroxyl groups is 1. The molecule has 7 heteroatoms. The number of imidazole rings is 1. The maximum Gasteiger partial charge on any atom is 0.330 e. The summed E-state index contributed by atoms with van der Waals surface area (Å²) in [6.07, 6.45) is 4.54. The quantitative estimate of drug-likeness (QED) is 0.634. The Morgan fingerprint density at radius 3 is 2.83 bits per heavy atom. The highest BCUT2D eigenvalue weighted by Crippen LogP contribution is 2.33. The molecule has 96 valence electrons.